The minimum absolute atomic E-state index is 0.0546. The predicted molar refractivity (Wildman–Crippen MR) is 116 cm³/mol. The summed E-state index contributed by atoms with van der Waals surface area (Å²) in [5.74, 6) is -0.865. The molecule has 3 aromatic carbocycles. The maximum absolute atomic E-state index is 15.4. The van der Waals surface area contributed by atoms with Gasteiger partial charge in [0.15, 0.2) is 5.82 Å². The fourth-order valence-corrected chi connectivity index (χ4v) is 4.34. The maximum Gasteiger partial charge on any atom is 0.161 e. The monoisotopic (exact) mass is 389 g/mol. The van der Waals surface area contributed by atoms with Crippen LogP contribution in [0.15, 0.2) is 78.9 Å². The lowest BCUT2D eigenvalue weighted by atomic mass is 9.87. The van der Waals surface area contributed by atoms with Crippen LogP contribution in [0.5, 0.6) is 0 Å². The second kappa shape index (κ2) is 7.03. The number of benzene rings is 3. The number of fused-ring (bicyclic) bond motifs is 3. The highest BCUT2D eigenvalue weighted by Gasteiger charge is 2.25. The van der Waals surface area contributed by atoms with Crippen molar-refractivity contribution in [3.05, 3.63) is 101 Å². The first-order valence-electron chi connectivity index (χ1n) is 9.73. The summed E-state index contributed by atoms with van der Waals surface area (Å²) in [6, 6.07) is 21.6. The summed E-state index contributed by atoms with van der Waals surface area (Å²) in [4.78, 5) is 0. The van der Waals surface area contributed by atoms with Crippen LogP contribution in [0, 0.1) is 28.5 Å². The molecule has 1 aliphatic rings. The molecule has 0 N–H and O–H groups in total. The number of allylic oxidation sites excluding steroid dienone is 4. The zero-order valence-electron chi connectivity index (χ0n) is 16.0. The van der Waals surface area contributed by atoms with Gasteiger partial charge in [-0.2, -0.15) is 10.5 Å². The molecule has 0 aliphatic heterocycles. The van der Waals surface area contributed by atoms with E-state index in [1.807, 2.05) is 95.6 Å². The average Bonchev–Trinajstić information content (AvgIpc) is 3.13. The quantitative estimate of drug-likeness (QED) is 0.406. The lowest BCUT2D eigenvalue weighted by Gasteiger charge is -2.19. The second-order valence-electron chi connectivity index (χ2n) is 7.30. The van der Waals surface area contributed by atoms with Crippen LogP contribution in [-0.2, 0) is 0 Å². The van der Waals surface area contributed by atoms with E-state index in [0.717, 1.165) is 21.8 Å². The number of para-hydroxylation sites is 2. The van der Waals surface area contributed by atoms with E-state index in [2.05, 4.69) is 0 Å². The molecule has 0 amide bonds. The molecule has 3 nitrogen and oxygen atoms in total. The maximum atomic E-state index is 15.4. The summed E-state index contributed by atoms with van der Waals surface area (Å²) in [5, 5.41) is 21.6. The number of halogens is 1. The van der Waals surface area contributed by atoms with Crippen molar-refractivity contribution < 1.29 is 4.39 Å². The Bertz CT molecular complexity index is 1400. The van der Waals surface area contributed by atoms with Crippen LogP contribution in [0.25, 0.3) is 27.5 Å². The van der Waals surface area contributed by atoms with Gasteiger partial charge in [0, 0.05) is 16.7 Å². The van der Waals surface area contributed by atoms with Crippen LogP contribution < -0.4 is 0 Å². The Hall–Kier alpha value is -4.15. The topological polar surface area (TPSA) is 52.5 Å². The summed E-state index contributed by atoms with van der Waals surface area (Å²) in [7, 11) is 0. The molecule has 4 heteroatoms. The minimum Gasteiger partial charge on any atom is -0.308 e. The van der Waals surface area contributed by atoms with Gasteiger partial charge in [0.05, 0.1) is 22.3 Å². The van der Waals surface area contributed by atoms with Crippen LogP contribution in [0.1, 0.15) is 29.0 Å². The molecule has 4 aromatic rings. The molecule has 0 spiro atoms. The first-order valence-corrected chi connectivity index (χ1v) is 9.73. The molecule has 0 saturated carbocycles. The van der Waals surface area contributed by atoms with Crippen molar-refractivity contribution in [2.75, 3.05) is 0 Å². The molecule has 1 aromatic heterocycles. The van der Waals surface area contributed by atoms with Crippen LogP contribution in [0.4, 0.5) is 4.39 Å². The number of rotatable bonds is 2. The van der Waals surface area contributed by atoms with E-state index in [9.17, 15) is 10.5 Å². The van der Waals surface area contributed by atoms with Crippen molar-refractivity contribution in [1.29, 1.82) is 10.5 Å². The average molecular weight is 389 g/mol. The molecule has 1 aliphatic carbocycles. The van der Waals surface area contributed by atoms with Gasteiger partial charge in [0.1, 0.15) is 17.7 Å². The molecule has 142 valence electrons. The minimum atomic E-state index is -0.752. The SMILES string of the molecule is N#Cc1c(C2C=CC=CC2)cc(-n2c3ccccc3c3ccccc32)c(C#N)c1F. The predicted octanol–water partition coefficient (Wildman–Crippen LogP) is 6.27. The molecule has 0 fully saturated rings. The summed E-state index contributed by atoms with van der Waals surface area (Å²) in [6.45, 7) is 0. The third kappa shape index (κ3) is 2.55. The van der Waals surface area contributed by atoms with E-state index in [1.54, 1.807) is 0 Å². The van der Waals surface area contributed by atoms with Gasteiger partial charge in [-0.05, 0) is 30.2 Å². The van der Waals surface area contributed by atoms with Gasteiger partial charge in [0.2, 0.25) is 0 Å². The Balaban J connectivity index is 1.91. The standard InChI is InChI=1S/C26H16FN3/c27-26-21(15-28)20(17-8-2-1-3-9-17)14-25(22(26)16-29)30-23-12-6-4-10-18(23)19-11-5-7-13-24(19)30/h1-8,10-14,17H,9H2. The van der Waals surface area contributed by atoms with Crippen molar-refractivity contribution in [2.24, 2.45) is 0 Å². The first-order chi connectivity index (χ1) is 14.7. The highest BCUT2D eigenvalue weighted by atomic mass is 19.1. The molecule has 1 heterocycles. The molecule has 30 heavy (non-hydrogen) atoms. The van der Waals surface area contributed by atoms with Crippen LogP contribution in [0.3, 0.4) is 0 Å². The van der Waals surface area contributed by atoms with Crippen molar-refractivity contribution in [3.8, 4) is 17.8 Å². The number of nitriles is 2. The van der Waals surface area contributed by atoms with Gasteiger partial charge in [-0.25, -0.2) is 4.39 Å². The van der Waals surface area contributed by atoms with Gasteiger partial charge < -0.3 is 4.57 Å². The Kier molecular flexibility index (Phi) is 4.20. The summed E-state index contributed by atoms with van der Waals surface area (Å²) in [5.41, 5.74) is 2.68. The Labute approximate surface area is 173 Å². The van der Waals surface area contributed by atoms with Crippen molar-refractivity contribution in [3.63, 3.8) is 0 Å². The molecule has 0 saturated heterocycles. The molecular formula is C26H16FN3. The lowest BCUT2D eigenvalue weighted by Crippen LogP contribution is -2.08. The highest BCUT2D eigenvalue weighted by Crippen LogP contribution is 2.37. The first kappa shape index (κ1) is 17.9. The third-order valence-electron chi connectivity index (χ3n) is 5.70. The third-order valence-corrected chi connectivity index (χ3v) is 5.70. The van der Waals surface area contributed by atoms with Crippen LogP contribution in [-0.4, -0.2) is 4.57 Å². The van der Waals surface area contributed by atoms with E-state index < -0.39 is 5.82 Å². The number of hydrogen-bond acceptors (Lipinski definition) is 2. The Morgan fingerprint density at radius 1 is 0.867 bits per heavy atom. The fourth-order valence-electron chi connectivity index (χ4n) is 4.34. The van der Waals surface area contributed by atoms with E-state index >= 15 is 4.39 Å². The van der Waals surface area contributed by atoms with Gasteiger partial charge in [-0.1, -0.05) is 60.7 Å². The zero-order chi connectivity index (χ0) is 20.7. The highest BCUT2D eigenvalue weighted by molar-refractivity contribution is 6.09. The molecule has 1 unspecified atom stereocenters. The summed E-state index contributed by atoms with van der Waals surface area (Å²) < 4.78 is 17.4. The summed E-state index contributed by atoms with van der Waals surface area (Å²) in [6.07, 6.45) is 8.50. The van der Waals surface area contributed by atoms with Crippen molar-refractivity contribution in [2.45, 2.75) is 12.3 Å². The van der Waals surface area contributed by atoms with Gasteiger partial charge in [-0.3, -0.25) is 0 Å². The van der Waals surface area contributed by atoms with E-state index in [0.29, 0.717) is 17.7 Å². The van der Waals surface area contributed by atoms with Crippen molar-refractivity contribution >= 4 is 21.8 Å². The van der Waals surface area contributed by atoms with E-state index in [-0.39, 0.29) is 17.0 Å². The molecular weight excluding hydrogens is 373 g/mol. The van der Waals surface area contributed by atoms with Gasteiger partial charge in [0.25, 0.3) is 0 Å². The van der Waals surface area contributed by atoms with Crippen molar-refractivity contribution in [1.82, 2.24) is 4.57 Å². The number of aromatic nitrogens is 1. The summed E-state index contributed by atoms with van der Waals surface area (Å²) >= 11 is 0. The lowest BCUT2D eigenvalue weighted by molar-refractivity contribution is 0.614. The number of nitrogens with zero attached hydrogens (tertiary/aromatic N) is 3. The second-order valence-corrected chi connectivity index (χ2v) is 7.30. The molecule has 0 radical (unpaired) electrons. The molecule has 0 bridgehead atoms. The molecule has 1 atom stereocenters. The number of hydrogen-bond donors (Lipinski definition) is 0. The van der Waals surface area contributed by atoms with Gasteiger partial charge >= 0.3 is 0 Å². The van der Waals surface area contributed by atoms with Crippen LogP contribution in [0.2, 0.25) is 0 Å². The van der Waals surface area contributed by atoms with E-state index in [4.69, 9.17) is 0 Å². The largest absolute Gasteiger partial charge is 0.308 e. The smallest absolute Gasteiger partial charge is 0.161 e. The Morgan fingerprint density at radius 2 is 1.50 bits per heavy atom. The normalized spacial score (nSPS) is 15.4. The van der Waals surface area contributed by atoms with E-state index in [1.165, 1.54) is 0 Å². The Morgan fingerprint density at radius 3 is 2.07 bits per heavy atom. The van der Waals surface area contributed by atoms with Crippen LogP contribution >= 0.6 is 0 Å². The zero-order valence-corrected chi connectivity index (χ0v) is 16.0. The molecule has 5 rings (SSSR count). The fraction of sp³-hybridized carbons (Fsp3) is 0.0769. The van der Waals surface area contributed by atoms with Gasteiger partial charge in [-0.15, -0.1) is 0 Å².